The van der Waals surface area contributed by atoms with Gasteiger partial charge in [0.2, 0.25) is 0 Å². The minimum atomic E-state index is -4.80. The second kappa shape index (κ2) is 7.56. The molecule has 10 heteroatoms. The molecule has 5 nitrogen and oxygen atoms in total. The fourth-order valence-corrected chi connectivity index (χ4v) is 4.54. The highest BCUT2D eigenvalue weighted by molar-refractivity contribution is 9.10. The molecule has 0 N–H and O–H groups in total. The van der Waals surface area contributed by atoms with E-state index in [2.05, 4.69) is 30.6 Å². The Bertz CT molecular complexity index is 1090. The molecule has 3 heterocycles. The quantitative estimate of drug-likeness (QED) is 0.436. The van der Waals surface area contributed by atoms with Crippen molar-refractivity contribution in [1.29, 1.82) is 0 Å². The van der Waals surface area contributed by atoms with Gasteiger partial charge in [-0.05, 0) is 39.9 Å². The number of hydrogen-bond acceptors (Lipinski definition) is 5. The Kier molecular flexibility index (Phi) is 5.24. The first-order chi connectivity index (χ1) is 13.8. The van der Waals surface area contributed by atoms with E-state index in [1.54, 1.807) is 24.0 Å². The molecule has 0 radical (unpaired) electrons. The molecule has 1 aromatic carbocycles. The van der Waals surface area contributed by atoms with Crippen molar-refractivity contribution in [3.8, 4) is 34.3 Å². The summed E-state index contributed by atoms with van der Waals surface area (Å²) in [4.78, 5) is 10.2. The summed E-state index contributed by atoms with van der Waals surface area (Å²) in [6.07, 6.45) is -3.10. The summed E-state index contributed by atoms with van der Waals surface area (Å²) in [6, 6.07) is 6.41. The van der Waals surface area contributed by atoms with Gasteiger partial charge in [0, 0.05) is 28.2 Å². The van der Waals surface area contributed by atoms with E-state index in [1.165, 1.54) is 12.1 Å². The van der Waals surface area contributed by atoms with Crippen LogP contribution >= 0.6 is 27.7 Å². The largest absolute Gasteiger partial charge is 0.573 e. The van der Waals surface area contributed by atoms with Crippen LogP contribution in [0.25, 0.3) is 22.8 Å². The van der Waals surface area contributed by atoms with E-state index in [-0.39, 0.29) is 18.1 Å². The summed E-state index contributed by atoms with van der Waals surface area (Å²) in [5.41, 5.74) is 2.53. The molecule has 1 aliphatic heterocycles. The highest BCUT2D eigenvalue weighted by atomic mass is 79.9. The van der Waals surface area contributed by atoms with Gasteiger partial charge in [-0.15, -0.1) is 24.9 Å². The molecule has 0 spiro atoms. The maximum Gasteiger partial charge on any atom is 0.573 e. The van der Waals surface area contributed by atoms with Crippen molar-refractivity contribution in [1.82, 2.24) is 14.5 Å². The number of rotatable bonds is 4. The zero-order chi connectivity index (χ0) is 20.8. The van der Waals surface area contributed by atoms with Gasteiger partial charge in [-0.1, -0.05) is 13.0 Å². The molecule has 152 valence electrons. The number of para-hydroxylation sites is 1. The third kappa shape index (κ3) is 3.83. The number of ether oxygens (including phenoxy) is 2. The van der Waals surface area contributed by atoms with Crippen LogP contribution in [-0.2, 0) is 13.7 Å². The Morgan fingerprint density at radius 2 is 2.14 bits per heavy atom. The topological polar surface area (TPSA) is 49.2 Å². The van der Waals surface area contributed by atoms with Gasteiger partial charge in [0.1, 0.15) is 18.0 Å². The monoisotopic (exact) mass is 485 g/mol. The van der Waals surface area contributed by atoms with Crippen LogP contribution in [0, 0.1) is 0 Å². The van der Waals surface area contributed by atoms with Crippen LogP contribution in [0.2, 0.25) is 0 Å². The molecular formula is C19H15BrF3N3O2S. The number of benzene rings is 1. The van der Waals surface area contributed by atoms with Crippen molar-refractivity contribution in [2.45, 2.75) is 24.8 Å². The average molecular weight is 486 g/mol. The lowest BCUT2D eigenvalue weighted by Gasteiger charge is -2.21. The smallest absolute Gasteiger partial charge is 0.483 e. The van der Waals surface area contributed by atoms with Crippen LogP contribution in [0.5, 0.6) is 11.5 Å². The maximum absolute atomic E-state index is 12.8. The van der Waals surface area contributed by atoms with Crippen LogP contribution in [-0.4, -0.2) is 26.7 Å². The van der Waals surface area contributed by atoms with E-state index >= 15 is 0 Å². The van der Waals surface area contributed by atoms with E-state index in [4.69, 9.17) is 4.74 Å². The summed E-state index contributed by atoms with van der Waals surface area (Å²) in [5, 5.41) is 0. The lowest BCUT2D eigenvalue weighted by atomic mass is 10.1. The molecule has 4 rings (SSSR count). The summed E-state index contributed by atoms with van der Waals surface area (Å²) < 4.78 is 50.7. The first kappa shape index (κ1) is 20.1. The van der Waals surface area contributed by atoms with Crippen molar-refractivity contribution < 1.29 is 22.6 Å². The zero-order valence-electron chi connectivity index (χ0n) is 15.4. The second-order valence-electron chi connectivity index (χ2n) is 6.19. The van der Waals surface area contributed by atoms with Crippen LogP contribution in [0.15, 0.2) is 39.8 Å². The molecule has 0 aliphatic carbocycles. The average Bonchev–Trinajstić information content (AvgIpc) is 2.98. The molecule has 29 heavy (non-hydrogen) atoms. The molecule has 0 saturated carbocycles. The molecule has 3 aromatic rings. The van der Waals surface area contributed by atoms with E-state index < -0.39 is 6.36 Å². The summed E-state index contributed by atoms with van der Waals surface area (Å²) in [5.74, 6) is 1.17. The SMILES string of the molecule is CCSc1cc(Br)cnc1-c1nc2c(n1C)-c1cccc(OC(F)(F)F)c1OC2. The van der Waals surface area contributed by atoms with Crippen LogP contribution < -0.4 is 9.47 Å². The van der Waals surface area contributed by atoms with Gasteiger partial charge < -0.3 is 14.0 Å². The van der Waals surface area contributed by atoms with Crippen LogP contribution in [0.1, 0.15) is 12.6 Å². The Morgan fingerprint density at radius 3 is 2.86 bits per heavy atom. The Morgan fingerprint density at radius 1 is 1.34 bits per heavy atom. The highest BCUT2D eigenvalue weighted by Gasteiger charge is 2.35. The normalized spacial score (nSPS) is 12.9. The van der Waals surface area contributed by atoms with Gasteiger partial charge in [0.15, 0.2) is 17.3 Å². The lowest BCUT2D eigenvalue weighted by molar-refractivity contribution is -0.275. The Labute approximate surface area is 177 Å². The number of aromatic nitrogens is 3. The third-order valence-electron chi connectivity index (χ3n) is 4.31. The molecule has 0 fully saturated rings. The molecule has 0 unspecified atom stereocenters. The molecule has 0 bridgehead atoms. The number of thioether (sulfide) groups is 1. The maximum atomic E-state index is 12.8. The minimum Gasteiger partial charge on any atom is -0.483 e. The number of fused-ring (bicyclic) bond motifs is 3. The van der Waals surface area contributed by atoms with Crippen molar-refractivity contribution in [2.75, 3.05) is 5.75 Å². The molecule has 0 saturated heterocycles. The van der Waals surface area contributed by atoms with Crippen LogP contribution in [0.3, 0.4) is 0 Å². The van der Waals surface area contributed by atoms with Crippen molar-refractivity contribution in [3.05, 3.63) is 40.6 Å². The molecule has 1 aliphatic rings. The van der Waals surface area contributed by atoms with Crippen molar-refractivity contribution in [3.63, 3.8) is 0 Å². The van der Waals surface area contributed by atoms with Gasteiger partial charge >= 0.3 is 6.36 Å². The number of hydrogen-bond donors (Lipinski definition) is 0. The Balaban J connectivity index is 1.85. The molecule has 2 aromatic heterocycles. The predicted molar refractivity (Wildman–Crippen MR) is 107 cm³/mol. The molecule has 0 atom stereocenters. The van der Waals surface area contributed by atoms with Gasteiger partial charge in [0.05, 0.1) is 5.69 Å². The number of nitrogens with zero attached hydrogens (tertiary/aromatic N) is 3. The van der Waals surface area contributed by atoms with E-state index in [0.29, 0.717) is 28.5 Å². The molecular weight excluding hydrogens is 471 g/mol. The minimum absolute atomic E-state index is 0.0428. The van der Waals surface area contributed by atoms with Gasteiger partial charge in [0.25, 0.3) is 0 Å². The van der Waals surface area contributed by atoms with Gasteiger partial charge in [-0.25, -0.2) is 4.98 Å². The van der Waals surface area contributed by atoms with E-state index in [9.17, 15) is 13.2 Å². The summed E-state index contributed by atoms with van der Waals surface area (Å²) >= 11 is 5.08. The van der Waals surface area contributed by atoms with Crippen LogP contribution in [0.4, 0.5) is 13.2 Å². The first-order valence-corrected chi connectivity index (χ1v) is 10.4. The van der Waals surface area contributed by atoms with E-state index in [0.717, 1.165) is 15.1 Å². The second-order valence-corrected chi connectivity index (χ2v) is 8.41. The molecule has 0 amide bonds. The summed E-state index contributed by atoms with van der Waals surface area (Å²) in [7, 11) is 1.82. The van der Waals surface area contributed by atoms with Gasteiger partial charge in [-0.2, -0.15) is 0 Å². The Hall–Kier alpha value is -2.20. The van der Waals surface area contributed by atoms with E-state index in [1.807, 2.05) is 24.6 Å². The first-order valence-electron chi connectivity index (χ1n) is 8.64. The van der Waals surface area contributed by atoms with Gasteiger partial charge in [-0.3, -0.25) is 4.98 Å². The number of alkyl halides is 3. The van der Waals surface area contributed by atoms with Crippen molar-refractivity contribution in [2.24, 2.45) is 7.05 Å². The standard InChI is InChI=1S/C19H15BrF3N3O2S/c1-3-29-14-7-10(20)8-24-15(14)18-25-12-9-27-17-11(16(12)26(18)2)5-4-6-13(17)28-19(21,22)23/h4-8H,3,9H2,1-2H3. The third-order valence-corrected chi connectivity index (χ3v) is 5.66. The lowest BCUT2D eigenvalue weighted by Crippen LogP contribution is -2.18. The number of pyridine rings is 1. The highest BCUT2D eigenvalue weighted by Crippen LogP contribution is 2.46. The number of halogens is 4. The zero-order valence-corrected chi connectivity index (χ0v) is 17.8. The fourth-order valence-electron chi connectivity index (χ4n) is 3.25. The number of imidazole rings is 1. The summed E-state index contributed by atoms with van der Waals surface area (Å²) in [6.45, 7) is 2.09. The predicted octanol–water partition coefficient (Wildman–Crippen LogP) is 5.81. The van der Waals surface area contributed by atoms with Crippen molar-refractivity contribution >= 4 is 27.7 Å². The fraction of sp³-hybridized carbons (Fsp3) is 0.263.